The molecule has 0 saturated heterocycles. The zero-order valence-corrected chi connectivity index (χ0v) is 5.64. The average molecular weight is 172 g/mol. The first kappa shape index (κ1) is 10.0. The Hall–Kier alpha value is -1.98. The lowest BCUT2D eigenvalue weighted by Gasteiger charge is -1.82. The van der Waals surface area contributed by atoms with Gasteiger partial charge in [0, 0.05) is 0 Å². The lowest BCUT2D eigenvalue weighted by atomic mass is 10.4. The molecule has 0 aromatic carbocycles. The van der Waals surface area contributed by atoms with E-state index in [1.54, 1.807) is 0 Å². The summed E-state index contributed by atoms with van der Waals surface area (Å²) in [6.07, 6.45) is 2.13. The third kappa shape index (κ3) is 1.75. The van der Waals surface area contributed by atoms with Crippen LogP contribution in [0.3, 0.4) is 0 Å². The summed E-state index contributed by atoms with van der Waals surface area (Å²) in [5.74, 6) is -1.30. The molecule has 3 N–H and O–H groups in total. The predicted octanol–water partition coefficient (Wildman–Crippen LogP) is -0.485. The number of aliphatic imine (C=N–C) groups is 1. The monoisotopic (exact) mass is 172 g/mol. The number of hydrogen-bond donors (Lipinski definition) is 1. The van der Waals surface area contributed by atoms with Gasteiger partial charge in [-0.15, -0.1) is 0 Å². The number of rotatable bonds is 2. The maximum atomic E-state index is 10.2. The second kappa shape index (κ2) is 4.02. The maximum Gasteiger partial charge on any atom is 0.360 e. The summed E-state index contributed by atoms with van der Waals surface area (Å²) in [5.41, 5.74) is -0.527. The molecule has 64 valence electrons. The minimum Gasteiger partial charge on any atom is -0.476 e. The fraction of sp³-hybridized carbons (Fsp3) is 0. The quantitative estimate of drug-likeness (QED) is 0.476. The van der Waals surface area contributed by atoms with Crippen LogP contribution in [0, 0.1) is 0 Å². The Balaban J connectivity index is 0.00000121. The van der Waals surface area contributed by atoms with E-state index in [0.29, 0.717) is 0 Å². The van der Waals surface area contributed by atoms with Crippen LogP contribution in [0.15, 0.2) is 15.8 Å². The van der Waals surface area contributed by atoms with Crippen molar-refractivity contribution < 1.29 is 24.7 Å². The van der Waals surface area contributed by atoms with Gasteiger partial charge in [0.25, 0.3) is 0 Å². The highest BCUT2D eigenvalue weighted by atomic mass is 16.5. The number of carbonyl (C=O) groups is 1. The van der Waals surface area contributed by atoms with Gasteiger partial charge in [0.05, 0.1) is 0 Å². The number of carboxylic acid groups (broad SMARTS) is 1. The molecule has 0 aliphatic rings. The van der Waals surface area contributed by atoms with E-state index in [9.17, 15) is 9.59 Å². The maximum absolute atomic E-state index is 10.2. The molecule has 0 unspecified atom stereocenters. The van der Waals surface area contributed by atoms with E-state index in [0.717, 1.165) is 6.26 Å². The molecule has 0 aliphatic heterocycles. The minimum atomic E-state index is -1.30. The highest BCUT2D eigenvalue weighted by molar-refractivity contribution is 5.90. The van der Waals surface area contributed by atoms with Crippen molar-refractivity contribution in [3.05, 3.63) is 12.0 Å². The summed E-state index contributed by atoms with van der Waals surface area (Å²) in [6.45, 7) is 0. The van der Waals surface area contributed by atoms with Gasteiger partial charge in [0.2, 0.25) is 11.8 Å². The van der Waals surface area contributed by atoms with Gasteiger partial charge in [-0.05, 0) is 0 Å². The smallest absolute Gasteiger partial charge is 0.360 e. The molecule has 0 spiro atoms. The van der Waals surface area contributed by atoms with Crippen molar-refractivity contribution >= 4 is 17.7 Å². The SMILES string of the molecule is O.O=C=Nc1conc1C(=O)O. The van der Waals surface area contributed by atoms with Crippen molar-refractivity contribution in [2.75, 3.05) is 0 Å². The molecule has 1 aromatic rings. The van der Waals surface area contributed by atoms with Crippen molar-refractivity contribution in [2.24, 2.45) is 4.99 Å². The Bertz CT molecular complexity index is 308. The van der Waals surface area contributed by atoms with Gasteiger partial charge in [-0.3, -0.25) is 0 Å². The molecule has 12 heavy (non-hydrogen) atoms. The van der Waals surface area contributed by atoms with Crippen molar-refractivity contribution in [1.29, 1.82) is 0 Å². The van der Waals surface area contributed by atoms with Gasteiger partial charge in [-0.2, -0.15) is 4.99 Å². The summed E-state index contributed by atoms with van der Waals surface area (Å²) in [5, 5.41) is 11.5. The van der Waals surface area contributed by atoms with E-state index >= 15 is 0 Å². The van der Waals surface area contributed by atoms with Crippen LogP contribution in [0.2, 0.25) is 0 Å². The Labute approximate surface area is 65.6 Å². The van der Waals surface area contributed by atoms with Crippen molar-refractivity contribution in [2.45, 2.75) is 0 Å². The van der Waals surface area contributed by atoms with Gasteiger partial charge in [0.1, 0.15) is 0 Å². The molecule has 0 amide bonds. The fourth-order valence-electron chi connectivity index (χ4n) is 0.509. The van der Waals surface area contributed by atoms with E-state index in [1.807, 2.05) is 0 Å². The Morgan fingerprint density at radius 3 is 2.92 bits per heavy atom. The van der Waals surface area contributed by atoms with Gasteiger partial charge < -0.3 is 15.1 Å². The second-order valence-electron chi connectivity index (χ2n) is 1.56. The van der Waals surface area contributed by atoms with Crippen LogP contribution in [0.25, 0.3) is 0 Å². The van der Waals surface area contributed by atoms with E-state index in [1.165, 1.54) is 6.08 Å². The highest BCUT2D eigenvalue weighted by Gasteiger charge is 2.13. The molecule has 0 aliphatic carbocycles. The summed E-state index contributed by atoms with van der Waals surface area (Å²) in [7, 11) is 0. The summed E-state index contributed by atoms with van der Waals surface area (Å²) in [4.78, 5) is 23.0. The second-order valence-corrected chi connectivity index (χ2v) is 1.56. The Kier molecular flexibility index (Phi) is 3.35. The number of carbonyl (C=O) groups excluding carboxylic acids is 1. The number of carboxylic acids is 1. The van der Waals surface area contributed by atoms with Crippen molar-refractivity contribution in [1.82, 2.24) is 5.16 Å². The van der Waals surface area contributed by atoms with E-state index < -0.39 is 11.7 Å². The highest BCUT2D eigenvalue weighted by Crippen LogP contribution is 2.15. The number of isocyanates is 1. The van der Waals surface area contributed by atoms with Crippen LogP contribution >= 0.6 is 0 Å². The Morgan fingerprint density at radius 1 is 1.75 bits per heavy atom. The molecule has 7 nitrogen and oxygen atoms in total. The molecule has 7 heteroatoms. The first-order valence-electron chi connectivity index (χ1n) is 2.51. The largest absolute Gasteiger partial charge is 0.476 e. The first-order valence-corrected chi connectivity index (χ1v) is 2.51. The summed E-state index contributed by atoms with van der Waals surface area (Å²) < 4.78 is 4.26. The third-order valence-corrected chi connectivity index (χ3v) is 0.920. The summed E-state index contributed by atoms with van der Waals surface area (Å²) in [6, 6.07) is 0. The zero-order chi connectivity index (χ0) is 8.27. The number of hydrogen-bond acceptors (Lipinski definition) is 5. The van der Waals surface area contributed by atoms with E-state index in [2.05, 4.69) is 14.7 Å². The minimum absolute atomic E-state index is 0. The molecule has 1 heterocycles. The zero-order valence-electron chi connectivity index (χ0n) is 5.64. The van der Waals surface area contributed by atoms with Gasteiger partial charge >= 0.3 is 5.97 Å². The van der Waals surface area contributed by atoms with Crippen LogP contribution in [-0.2, 0) is 4.79 Å². The average Bonchev–Trinajstić information content (AvgIpc) is 2.36. The lowest BCUT2D eigenvalue weighted by Crippen LogP contribution is -1.95. The molecule has 0 radical (unpaired) electrons. The molecule has 0 fully saturated rings. The van der Waals surface area contributed by atoms with Crippen LogP contribution in [0.5, 0.6) is 0 Å². The van der Waals surface area contributed by atoms with Crippen LogP contribution < -0.4 is 0 Å². The molecular formula is C5H4N2O5. The Morgan fingerprint density at radius 2 is 2.42 bits per heavy atom. The molecule has 1 rings (SSSR count). The molecular weight excluding hydrogens is 168 g/mol. The fourth-order valence-corrected chi connectivity index (χ4v) is 0.509. The summed E-state index contributed by atoms with van der Waals surface area (Å²) >= 11 is 0. The van der Waals surface area contributed by atoms with E-state index in [4.69, 9.17) is 5.11 Å². The van der Waals surface area contributed by atoms with Crippen LogP contribution in [-0.4, -0.2) is 27.8 Å². The molecule has 1 aromatic heterocycles. The number of nitrogens with zero attached hydrogens (tertiary/aromatic N) is 2. The number of aromatic nitrogens is 1. The van der Waals surface area contributed by atoms with Gasteiger partial charge in [0.15, 0.2) is 12.0 Å². The van der Waals surface area contributed by atoms with Gasteiger partial charge in [-0.25, -0.2) is 9.59 Å². The van der Waals surface area contributed by atoms with Crippen molar-refractivity contribution in [3.8, 4) is 0 Å². The number of aromatic carboxylic acids is 1. The molecule has 0 atom stereocenters. The van der Waals surface area contributed by atoms with Crippen molar-refractivity contribution in [3.63, 3.8) is 0 Å². The topological polar surface area (TPSA) is 124 Å². The first-order chi connectivity index (χ1) is 5.25. The molecule has 0 bridgehead atoms. The van der Waals surface area contributed by atoms with E-state index in [-0.39, 0.29) is 11.2 Å². The normalized spacial score (nSPS) is 8.00. The van der Waals surface area contributed by atoms with Crippen LogP contribution in [0.4, 0.5) is 5.69 Å². The van der Waals surface area contributed by atoms with Gasteiger partial charge in [-0.1, -0.05) is 5.16 Å². The standard InChI is InChI=1S/C5H2N2O4.H2O/c8-2-6-3-1-11-7-4(3)5(9)10;/h1H,(H,9,10);1H2. The third-order valence-electron chi connectivity index (χ3n) is 0.920. The van der Waals surface area contributed by atoms with Crippen LogP contribution in [0.1, 0.15) is 10.5 Å². The predicted molar refractivity (Wildman–Crippen MR) is 34.9 cm³/mol. The lowest BCUT2D eigenvalue weighted by molar-refractivity contribution is 0.0686. The molecule has 0 saturated carbocycles.